The second-order valence-electron chi connectivity index (χ2n) is 9.34. The van der Waals surface area contributed by atoms with E-state index in [9.17, 15) is 24.6 Å². The molecule has 1 aromatic rings. The summed E-state index contributed by atoms with van der Waals surface area (Å²) in [5.41, 5.74) is 1.88. The fraction of sp³-hybridized carbons (Fsp3) is 0.417. The lowest BCUT2D eigenvalue weighted by molar-refractivity contribution is -0.158. The summed E-state index contributed by atoms with van der Waals surface area (Å²) in [5.74, 6) is -3.03. The molecule has 170 valence electrons. The van der Waals surface area contributed by atoms with Gasteiger partial charge < -0.3 is 10.2 Å². The number of carboxylic acid groups (broad SMARTS) is 1. The second-order valence-corrected chi connectivity index (χ2v) is 9.78. The number of hydrogen-bond acceptors (Lipinski definition) is 5. The van der Waals surface area contributed by atoms with Crippen molar-refractivity contribution in [3.63, 3.8) is 0 Å². The second kappa shape index (κ2) is 8.90. The van der Waals surface area contributed by atoms with Crippen LogP contribution < -0.4 is 5.43 Å². The van der Waals surface area contributed by atoms with Gasteiger partial charge >= 0.3 is 5.97 Å². The summed E-state index contributed by atoms with van der Waals surface area (Å²) in [6.45, 7) is 5.65. The summed E-state index contributed by atoms with van der Waals surface area (Å²) < 4.78 is 0. The molecule has 0 radical (unpaired) electrons. The minimum Gasteiger partial charge on any atom is -0.511 e. The number of ketones is 1. The van der Waals surface area contributed by atoms with Gasteiger partial charge in [0.25, 0.3) is 5.91 Å². The lowest BCUT2D eigenvalue weighted by atomic mass is 9.64. The van der Waals surface area contributed by atoms with E-state index >= 15 is 0 Å². The summed E-state index contributed by atoms with van der Waals surface area (Å²) in [6, 6.07) is 6.79. The van der Waals surface area contributed by atoms with Crippen LogP contribution >= 0.6 is 11.6 Å². The molecule has 0 spiro atoms. The minimum absolute atomic E-state index is 0.00385. The molecule has 2 atom stereocenters. The molecule has 0 aromatic heterocycles. The number of Topliss-reactive ketones (excluding diaryl/α,β-unsaturated/α-hetero) is 1. The molecule has 0 bridgehead atoms. The molecule has 0 fully saturated rings. The number of nitrogens with zero attached hydrogens (tertiary/aromatic N) is 1. The predicted octanol–water partition coefficient (Wildman–Crippen LogP) is 4.54. The number of benzene rings is 1. The lowest BCUT2D eigenvalue weighted by Gasteiger charge is -2.38. The number of aliphatic carboxylic acids is 1. The number of aliphatic hydroxyl groups is 1. The van der Waals surface area contributed by atoms with Crippen molar-refractivity contribution in [2.75, 3.05) is 0 Å². The number of nitrogens with one attached hydrogen (secondary N) is 1. The van der Waals surface area contributed by atoms with E-state index in [1.165, 1.54) is 0 Å². The normalized spacial score (nSPS) is 25.6. The van der Waals surface area contributed by atoms with Crippen LogP contribution in [0.25, 0.3) is 0 Å². The molecule has 0 saturated carbocycles. The van der Waals surface area contributed by atoms with E-state index in [2.05, 4.69) is 10.5 Å². The molecule has 0 saturated heterocycles. The van der Waals surface area contributed by atoms with Gasteiger partial charge in [-0.2, -0.15) is 5.10 Å². The van der Waals surface area contributed by atoms with Crippen LogP contribution in [-0.2, 0) is 14.4 Å². The number of amides is 1. The molecule has 2 aliphatic rings. The van der Waals surface area contributed by atoms with Gasteiger partial charge in [-0.05, 0) is 42.9 Å². The number of aliphatic hydroxyl groups excluding tert-OH is 1. The Morgan fingerprint density at radius 1 is 1.22 bits per heavy atom. The first-order chi connectivity index (χ1) is 15.0. The highest BCUT2D eigenvalue weighted by atomic mass is 35.5. The van der Waals surface area contributed by atoms with Gasteiger partial charge in [0.05, 0.1) is 11.8 Å². The van der Waals surface area contributed by atoms with Crippen LogP contribution in [0.2, 0.25) is 5.02 Å². The first-order valence-corrected chi connectivity index (χ1v) is 10.8. The third kappa shape index (κ3) is 4.63. The van der Waals surface area contributed by atoms with Gasteiger partial charge in [-0.25, -0.2) is 5.43 Å². The maximum Gasteiger partial charge on any atom is 0.320 e. The van der Waals surface area contributed by atoms with Crippen molar-refractivity contribution < 1.29 is 24.6 Å². The van der Waals surface area contributed by atoms with Crippen LogP contribution in [0.15, 0.2) is 52.3 Å². The molecular weight excluding hydrogens is 432 g/mol. The average molecular weight is 459 g/mol. The Hall–Kier alpha value is -2.93. The number of halogens is 1. The number of carbonyl (C=O) groups excluding carboxylic acids is 2. The molecule has 0 unspecified atom stereocenters. The number of hydrogen-bond donors (Lipinski definition) is 3. The Balaban J connectivity index is 1.90. The van der Waals surface area contributed by atoms with Crippen LogP contribution in [-0.4, -0.2) is 34.1 Å². The highest BCUT2D eigenvalue weighted by Crippen LogP contribution is 2.47. The van der Waals surface area contributed by atoms with Gasteiger partial charge in [0, 0.05) is 23.8 Å². The zero-order chi connectivity index (χ0) is 23.7. The van der Waals surface area contributed by atoms with Crippen LogP contribution in [0.5, 0.6) is 0 Å². The highest BCUT2D eigenvalue weighted by Gasteiger charge is 2.53. The lowest BCUT2D eigenvalue weighted by Crippen LogP contribution is -2.50. The van der Waals surface area contributed by atoms with E-state index in [-0.39, 0.29) is 35.4 Å². The van der Waals surface area contributed by atoms with Crippen molar-refractivity contribution in [2.45, 2.75) is 52.4 Å². The molecule has 2 aliphatic carbocycles. The molecule has 0 heterocycles. The quantitative estimate of drug-likeness (QED) is 0.259. The van der Waals surface area contributed by atoms with Crippen molar-refractivity contribution in [2.24, 2.45) is 15.9 Å². The molecular formula is C24H27ClN2O5. The number of rotatable bonds is 5. The molecule has 1 amide bonds. The number of carbonyl (C=O) groups is 3. The third-order valence-electron chi connectivity index (χ3n) is 6.21. The Labute approximate surface area is 191 Å². The Morgan fingerprint density at radius 2 is 1.88 bits per heavy atom. The maximum absolute atomic E-state index is 13.2. The zero-order valence-electron chi connectivity index (χ0n) is 18.3. The van der Waals surface area contributed by atoms with E-state index in [1.54, 1.807) is 30.3 Å². The van der Waals surface area contributed by atoms with Gasteiger partial charge in [-0.15, -0.1) is 0 Å². The summed E-state index contributed by atoms with van der Waals surface area (Å²) in [4.78, 5) is 38.0. The van der Waals surface area contributed by atoms with Gasteiger partial charge in [0.2, 0.25) is 0 Å². The summed E-state index contributed by atoms with van der Waals surface area (Å²) in [7, 11) is 0. The molecule has 0 aliphatic heterocycles. The summed E-state index contributed by atoms with van der Waals surface area (Å²) in [6.07, 6.45) is 3.81. The number of allylic oxidation sites excluding steroid dienone is 4. The summed E-state index contributed by atoms with van der Waals surface area (Å²) in [5, 5.41) is 24.7. The number of hydrazone groups is 1. The van der Waals surface area contributed by atoms with Crippen molar-refractivity contribution in [3.05, 3.63) is 57.8 Å². The van der Waals surface area contributed by atoms with Crippen molar-refractivity contribution in [1.82, 2.24) is 5.43 Å². The Kier molecular flexibility index (Phi) is 6.60. The SMILES string of the molecule is CC1=CC[C@@](C(=O)O)(C(=O)N/N=C/C2=C(O)CC(C)(C)CC2=O)[C@@H](c2ccc(Cl)cc2)C1. The van der Waals surface area contributed by atoms with E-state index in [4.69, 9.17) is 11.6 Å². The molecule has 32 heavy (non-hydrogen) atoms. The van der Waals surface area contributed by atoms with Gasteiger partial charge in [-0.3, -0.25) is 14.4 Å². The highest BCUT2D eigenvalue weighted by molar-refractivity contribution is 6.30. The Bertz CT molecular complexity index is 1040. The van der Waals surface area contributed by atoms with Gasteiger partial charge in [-0.1, -0.05) is 49.2 Å². The van der Waals surface area contributed by atoms with Crippen molar-refractivity contribution in [3.8, 4) is 0 Å². The largest absolute Gasteiger partial charge is 0.511 e. The van der Waals surface area contributed by atoms with Crippen LogP contribution in [0.3, 0.4) is 0 Å². The molecule has 3 rings (SSSR count). The van der Waals surface area contributed by atoms with Crippen LogP contribution in [0, 0.1) is 10.8 Å². The zero-order valence-corrected chi connectivity index (χ0v) is 19.1. The first kappa shape index (κ1) is 23.7. The standard InChI is InChI=1S/C24H27ClN2O5/c1-14-8-9-24(22(31)32,18(10-14)15-4-6-16(25)7-5-15)21(30)27-26-13-17-19(28)11-23(2,3)12-20(17)29/h4-8,13,18,28H,9-12H2,1-3H3,(H,27,30)(H,31,32)/b26-13+/t18-,24+/m1/s1. The smallest absolute Gasteiger partial charge is 0.320 e. The fourth-order valence-corrected chi connectivity index (χ4v) is 4.57. The molecule has 3 N–H and O–H groups in total. The third-order valence-corrected chi connectivity index (χ3v) is 6.46. The van der Waals surface area contributed by atoms with Crippen LogP contribution in [0.4, 0.5) is 0 Å². The fourth-order valence-electron chi connectivity index (χ4n) is 4.44. The van der Waals surface area contributed by atoms with Crippen molar-refractivity contribution >= 4 is 35.5 Å². The topological polar surface area (TPSA) is 116 Å². The maximum atomic E-state index is 13.2. The molecule has 1 aromatic carbocycles. The molecule has 7 nitrogen and oxygen atoms in total. The summed E-state index contributed by atoms with van der Waals surface area (Å²) >= 11 is 5.98. The monoisotopic (exact) mass is 458 g/mol. The van der Waals surface area contributed by atoms with E-state index < -0.39 is 23.2 Å². The predicted molar refractivity (Wildman–Crippen MR) is 122 cm³/mol. The van der Waals surface area contributed by atoms with E-state index in [0.717, 1.165) is 11.8 Å². The van der Waals surface area contributed by atoms with Crippen molar-refractivity contribution in [1.29, 1.82) is 0 Å². The van der Waals surface area contributed by atoms with Gasteiger partial charge in [0.1, 0.15) is 5.76 Å². The van der Waals surface area contributed by atoms with Crippen LogP contribution in [0.1, 0.15) is 57.9 Å². The molecule has 8 heteroatoms. The Morgan fingerprint density at radius 3 is 2.47 bits per heavy atom. The first-order valence-electron chi connectivity index (χ1n) is 10.4. The van der Waals surface area contributed by atoms with E-state index in [0.29, 0.717) is 23.4 Å². The average Bonchev–Trinajstić information content (AvgIpc) is 2.69. The van der Waals surface area contributed by atoms with Gasteiger partial charge in [0.15, 0.2) is 11.2 Å². The minimum atomic E-state index is -1.78. The van der Waals surface area contributed by atoms with E-state index in [1.807, 2.05) is 20.8 Å². The number of carboxylic acids is 1.